The Morgan fingerprint density at radius 3 is 2.37 bits per heavy atom. The minimum atomic E-state index is -0.399. The summed E-state index contributed by atoms with van der Waals surface area (Å²) in [5.74, 6) is -0.187. The maximum Gasteiger partial charge on any atom is 0.340 e. The van der Waals surface area contributed by atoms with E-state index in [2.05, 4.69) is 29.0 Å². The third kappa shape index (κ3) is 5.32. The summed E-state index contributed by atoms with van der Waals surface area (Å²) in [6, 6.07) is 0.250. The number of nitrogens with one attached hydrogen (secondary N) is 2. The van der Waals surface area contributed by atoms with E-state index in [0.29, 0.717) is 35.0 Å². The Balaban J connectivity index is 2.07. The van der Waals surface area contributed by atoms with Gasteiger partial charge in [0.15, 0.2) is 0 Å². The highest BCUT2D eigenvalue weighted by molar-refractivity contribution is 6.00. The molecule has 1 saturated heterocycles. The summed E-state index contributed by atoms with van der Waals surface area (Å²) in [5, 5.41) is 3.03. The van der Waals surface area contributed by atoms with Crippen molar-refractivity contribution in [2.75, 3.05) is 32.8 Å². The monoisotopic (exact) mass is 379 g/mol. The second kappa shape index (κ2) is 9.37. The number of hydrogen-bond acceptors (Lipinski definition) is 5. The van der Waals surface area contributed by atoms with E-state index in [4.69, 9.17) is 9.47 Å². The van der Waals surface area contributed by atoms with Crippen LogP contribution in [0.5, 0.6) is 0 Å². The number of aryl methyl sites for hydroxylation is 1. The number of aromatic amines is 1. The molecule has 7 heteroatoms. The third-order valence-electron chi connectivity index (χ3n) is 4.97. The molecule has 1 aliphatic rings. The van der Waals surface area contributed by atoms with Gasteiger partial charge in [-0.2, -0.15) is 0 Å². The van der Waals surface area contributed by atoms with Gasteiger partial charge < -0.3 is 19.8 Å². The molecule has 0 unspecified atom stereocenters. The van der Waals surface area contributed by atoms with Gasteiger partial charge in [0.1, 0.15) is 5.69 Å². The quantitative estimate of drug-likeness (QED) is 0.710. The molecule has 0 radical (unpaired) electrons. The first-order valence-corrected chi connectivity index (χ1v) is 9.72. The van der Waals surface area contributed by atoms with Crippen LogP contribution in [0.25, 0.3) is 0 Å². The van der Waals surface area contributed by atoms with Gasteiger partial charge in [0.05, 0.1) is 24.9 Å². The molecule has 0 saturated carbocycles. The summed E-state index contributed by atoms with van der Waals surface area (Å²) < 4.78 is 10.7. The number of hydrogen-bond donors (Lipinski definition) is 2. The second-order valence-corrected chi connectivity index (χ2v) is 7.75. The Bertz CT molecular complexity index is 660. The van der Waals surface area contributed by atoms with Crippen molar-refractivity contribution in [2.24, 2.45) is 5.92 Å². The van der Waals surface area contributed by atoms with Crippen LogP contribution in [0.15, 0.2) is 0 Å². The largest absolute Gasteiger partial charge is 0.459 e. The first-order valence-electron chi connectivity index (χ1n) is 9.72. The number of morpholine rings is 1. The predicted octanol–water partition coefficient (Wildman–Crippen LogP) is 2.28. The van der Waals surface area contributed by atoms with Crippen molar-refractivity contribution in [3.8, 4) is 0 Å². The molecule has 152 valence electrons. The Labute approximate surface area is 161 Å². The fourth-order valence-corrected chi connectivity index (χ4v) is 3.54. The van der Waals surface area contributed by atoms with E-state index in [9.17, 15) is 9.59 Å². The normalized spacial score (nSPS) is 16.6. The number of amides is 1. The number of aromatic nitrogens is 1. The molecular weight excluding hydrogens is 346 g/mol. The Kier molecular flexibility index (Phi) is 7.44. The first kappa shape index (κ1) is 21.4. The zero-order valence-electron chi connectivity index (χ0n) is 17.3. The van der Waals surface area contributed by atoms with Gasteiger partial charge in [0, 0.05) is 31.4 Å². The van der Waals surface area contributed by atoms with Crippen LogP contribution in [-0.4, -0.2) is 66.8 Å². The van der Waals surface area contributed by atoms with Gasteiger partial charge in [0.25, 0.3) is 5.91 Å². The van der Waals surface area contributed by atoms with E-state index >= 15 is 0 Å². The molecule has 7 nitrogen and oxygen atoms in total. The van der Waals surface area contributed by atoms with Crippen LogP contribution in [0, 0.1) is 19.8 Å². The number of ether oxygens (including phenoxy) is 2. The van der Waals surface area contributed by atoms with Crippen molar-refractivity contribution in [1.29, 1.82) is 0 Å². The smallest absolute Gasteiger partial charge is 0.340 e. The molecule has 2 N–H and O–H groups in total. The lowest BCUT2D eigenvalue weighted by atomic mass is 10.0. The van der Waals surface area contributed by atoms with E-state index in [0.717, 1.165) is 26.3 Å². The van der Waals surface area contributed by atoms with Crippen molar-refractivity contribution in [3.05, 3.63) is 22.5 Å². The summed E-state index contributed by atoms with van der Waals surface area (Å²) in [5.41, 5.74) is 2.15. The van der Waals surface area contributed by atoms with Crippen LogP contribution >= 0.6 is 0 Å². The van der Waals surface area contributed by atoms with Crippen LogP contribution in [0.3, 0.4) is 0 Å². The van der Waals surface area contributed by atoms with Crippen LogP contribution in [0.4, 0.5) is 0 Å². The molecule has 1 aliphatic heterocycles. The summed E-state index contributed by atoms with van der Waals surface area (Å²) >= 11 is 0. The van der Waals surface area contributed by atoms with Crippen molar-refractivity contribution < 1.29 is 19.1 Å². The molecule has 1 fully saturated rings. The fraction of sp³-hybridized carbons (Fsp3) is 0.700. The second-order valence-electron chi connectivity index (χ2n) is 7.75. The summed E-state index contributed by atoms with van der Waals surface area (Å²) in [6.07, 6.45) is -0.205. The Morgan fingerprint density at radius 2 is 1.81 bits per heavy atom. The van der Waals surface area contributed by atoms with Crippen LogP contribution < -0.4 is 5.32 Å². The lowest BCUT2D eigenvalue weighted by Crippen LogP contribution is -2.51. The van der Waals surface area contributed by atoms with Gasteiger partial charge in [-0.25, -0.2) is 4.79 Å². The van der Waals surface area contributed by atoms with E-state index < -0.39 is 5.97 Å². The number of nitrogens with zero attached hydrogens (tertiary/aromatic N) is 1. The van der Waals surface area contributed by atoms with Crippen molar-refractivity contribution in [2.45, 2.75) is 53.7 Å². The van der Waals surface area contributed by atoms with Crippen LogP contribution in [0.2, 0.25) is 0 Å². The van der Waals surface area contributed by atoms with Gasteiger partial charge in [-0.3, -0.25) is 9.69 Å². The maximum atomic E-state index is 12.7. The SMILES string of the molecule is Cc1[nH]c(C(=O)NC[C@H](C(C)C)N2CCOCC2)c(C)c1C(=O)OC(C)C. The predicted molar refractivity (Wildman–Crippen MR) is 104 cm³/mol. The van der Waals surface area contributed by atoms with Gasteiger partial charge in [-0.15, -0.1) is 0 Å². The van der Waals surface area contributed by atoms with Gasteiger partial charge in [0.2, 0.25) is 0 Å². The van der Waals surface area contributed by atoms with Gasteiger partial charge in [-0.1, -0.05) is 13.8 Å². The van der Waals surface area contributed by atoms with E-state index in [-0.39, 0.29) is 18.1 Å². The Hall–Kier alpha value is -1.86. The van der Waals surface area contributed by atoms with E-state index in [1.807, 2.05) is 0 Å². The molecule has 2 heterocycles. The highest BCUT2D eigenvalue weighted by atomic mass is 16.5. The van der Waals surface area contributed by atoms with Crippen molar-refractivity contribution >= 4 is 11.9 Å². The molecule has 0 aromatic carbocycles. The number of rotatable bonds is 7. The highest BCUT2D eigenvalue weighted by Crippen LogP contribution is 2.20. The average molecular weight is 380 g/mol. The molecular formula is C20H33N3O4. The molecule has 0 bridgehead atoms. The Morgan fingerprint density at radius 1 is 1.19 bits per heavy atom. The molecule has 1 aromatic rings. The first-order chi connectivity index (χ1) is 12.7. The molecule has 27 heavy (non-hydrogen) atoms. The van der Waals surface area contributed by atoms with E-state index in [1.165, 1.54) is 0 Å². The molecule has 0 aliphatic carbocycles. The number of carbonyl (C=O) groups excluding carboxylic acids is 2. The molecule has 1 atom stereocenters. The lowest BCUT2D eigenvalue weighted by Gasteiger charge is -2.36. The maximum absolute atomic E-state index is 12.7. The van der Waals surface area contributed by atoms with Crippen LogP contribution in [0.1, 0.15) is 59.8 Å². The lowest BCUT2D eigenvalue weighted by molar-refractivity contribution is 0.00671. The van der Waals surface area contributed by atoms with E-state index in [1.54, 1.807) is 27.7 Å². The topological polar surface area (TPSA) is 83.7 Å². The van der Waals surface area contributed by atoms with Crippen molar-refractivity contribution in [1.82, 2.24) is 15.2 Å². The zero-order chi connectivity index (χ0) is 20.1. The number of esters is 1. The molecule has 1 aromatic heterocycles. The zero-order valence-corrected chi connectivity index (χ0v) is 17.3. The summed E-state index contributed by atoms with van der Waals surface area (Å²) in [7, 11) is 0. The summed E-state index contributed by atoms with van der Waals surface area (Å²) in [4.78, 5) is 30.5. The fourth-order valence-electron chi connectivity index (χ4n) is 3.54. The third-order valence-corrected chi connectivity index (χ3v) is 4.97. The van der Waals surface area contributed by atoms with Crippen molar-refractivity contribution in [3.63, 3.8) is 0 Å². The minimum Gasteiger partial charge on any atom is -0.459 e. The van der Waals surface area contributed by atoms with Gasteiger partial charge in [-0.05, 0) is 39.2 Å². The standard InChI is InChI=1S/C20H33N3O4/c1-12(2)16(23-7-9-26-10-8-23)11-21-19(24)18-14(5)17(15(6)22-18)20(25)27-13(3)4/h12-13,16,22H,7-11H2,1-6H3,(H,21,24)/t16-/m1/s1. The minimum absolute atomic E-state index is 0.196. The highest BCUT2D eigenvalue weighted by Gasteiger charge is 2.27. The van der Waals surface area contributed by atoms with Gasteiger partial charge >= 0.3 is 5.97 Å². The van der Waals surface area contributed by atoms with Crippen LogP contribution in [-0.2, 0) is 9.47 Å². The molecule has 0 spiro atoms. The average Bonchev–Trinajstić information content (AvgIpc) is 2.89. The number of carbonyl (C=O) groups is 2. The number of H-pyrrole nitrogens is 1. The molecule has 2 rings (SSSR count). The molecule has 1 amide bonds. The summed E-state index contributed by atoms with van der Waals surface area (Å²) in [6.45, 7) is 15.3.